The molecule has 1 rings (SSSR count). The second kappa shape index (κ2) is 8.04. The van der Waals surface area contributed by atoms with Gasteiger partial charge in [0.15, 0.2) is 5.96 Å². The first-order chi connectivity index (χ1) is 9.52. The van der Waals surface area contributed by atoms with Crippen LogP contribution in [0.4, 0.5) is 5.69 Å². The molecule has 0 aliphatic heterocycles. The van der Waals surface area contributed by atoms with Gasteiger partial charge in [-0.25, -0.2) is 4.79 Å². The molecule has 0 heterocycles. The molecule has 20 heavy (non-hydrogen) atoms. The number of nitrogens with one attached hydrogen (secondary N) is 1. The fraction of sp³-hybridized carbons (Fsp3) is 0.429. The van der Waals surface area contributed by atoms with E-state index in [1.165, 1.54) is 7.11 Å². The molecule has 1 aromatic carbocycles. The highest BCUT2D eigenvalue weighted by atomic mass is 16.5. The van der Waals surface area contributed by atoms with Crippen molar-refractivity contribution < 1.29 is 9.53 Å². The van der Waals surface area contributed by atoms with Crippen LogP contribution in [0.5, 0.6) is 0 Å². The molecular formula is C14H22N4O2. The van der Waals surface area contributed by atoms with Crippen molar-refractivity contribution in [2.45, 2.75) is 25.8 Å². The van der Waals surface area contributed by atoms with E-state index in [-0.39, 0.29) is 11.9 Å². The van der Waals surface area contributed by atoms with E-state index < -0.39 is 6.04 Å². The molecule has 0 saturated carbocycles. The number of nitrogens with zero attached hydrogens (tertiary/aromatic N) is 1. The maximum absolute atomic E-state index is 11.7. The number of hydrogen-bond donors (Lipinski definition) is 3. The van der Waals surface area contributed by atoms with Crippen LogP contribution in [0.3, 0.4) is 0 Å². The Hall–Kier alpha value is -2.24. The second-order valence-corrected chi connectivity index (χ2v) is 4.53. The first-order valence-corrected chi connectivity index (χ1v) is 6.49. The molecule has 5 N–H and O–H groups in total. The number of guanidine groups is 1. The van der Waals surface area contributed by atoms with Gasteiger partial charge in [0, 0.05) is 12.2 Å². The molecule has 0 aliphatic rings. The Labute approximate surface area is 119 Å². The van der Waals surface area contributed by atoms with Crippen LogP contribution >= 0.6 is 0 Å². The normalized spacial score (nSPS) is 11.5. The number of rotatable bonds is 7. The largest absolute Gasteiger partial charge is 0.467 e. The number of hydrogen-bond acceptors (Lipinski definition) is 4. The summed E-state index contributed by atoms with van der Waals surface area (Å²) in [4.78, 5) is 15.6. The van der Waals surface area contributed by atoms with Crippen molar-refractivity contribution in [2.75, 3.05) is 19.0 Å². The van der Waals surface area contributed by atoms with Gasteiger partial charge >= 0.3 is 5.97 Å². The van der Waals surface area contributed by atoms with Crippen LogP contribution in [0.15, 0.2) is 29.3 Å². The molecule has 0 unspecified atom stereocenters. The van der Waals surface area contributed by atoms with Gasteiger partial charge in [-0.2, -0.15) is 0 Å². The fourth-order valence-corrected chi connectivity index (χ4v) is 1.75. The van der Waals surface area contributed by atoms with Gasteiger partial charge in [-0.05, 0) is 31.9 Å². The number of carbonyl (C=O) groups excluding carboxylic acids is 1. The van der Waals surface area contributed by atoms with Crippen LogP contribution in [0.2, 0.25) is 0 Å². The van der Waals surface area contributed by atoms with E-state index in [0.29, 0.717) is 19.4 Å². The van der Waals surface area contributed by atoms with Gasteiger partial charge in [0.1, 0.15) is 6.04 Å². The highest BCUT2D eigenvalue weighted by Gasteiger charge is 2.18. The molecule has 0 radical (unpaired) electrons. The minimum absolute atomic E-state index is 0.0612. The van der Waals surface area contributed by atoms with Gasteiger partial charge in [-0.3, -0.25) is 4.99 Å². The van der Waals surface area contributed by atoms with Crippen LogP contribution in [-0.2, 0) is 9.53 Å². The summed E-state index contributed by atoms with van der Waals surface area (Å²) in [6.07, 6.45) is 1.29. The third kappa shape index (κ3) is 5.60. The van der Waals surface area contributed by atoms with Crippen LogP contribution in [-0.4, -0.2) is 31.6 Å². The van der Waals surface area contributed by atoms with E-state index in [0.717, 1.165) is 11.3 Å². The number of esters is 1. The molecule has 1 aromatic rings. The van der Waals surface area contributed by atoms with E-state index in [2.05, 4.69) is 10.3 Å². The number of aliphatic imine (C=N–C) groups is 1. The summed E-state index contributed by atoms with van der Waals surface area (Å²) in [5, 5.41) is 3.16. The molecule has 0 saturated heterocycles. The molecule has 0 aliphatic carbocycles. The minimum Gasteiger partial charge on any atom is -0.467 e. The zero-order chi connectivity index (χ0) is 15.0. The third-order valence-electron chi connectivity index (χ3n) is 2.82. The van der Waals surface area contributed by atoms with Crippen molar-refractivity contribution in [1.29, 1.82) is 0 Å². The van der Waals surface area contributed by atoms with Crippen LogP contribution in [0.1, 0.15) is 18.4 Å². The van der Waals surface area contributed by atoms with Crippen LogP contribution in [0.25, 0.3) is 0 Å². The Morgan fingerprint density at radius 2 is 2.00 bits per heavy atom. The third-order valence-corrected chi connectivity index (χ3v) is 2.82. The van der Waals surface area contributed by atoms with Crippen LogP contribution < -0.4 is 16.8 Å². The Balaban J connectivity index is 2.58. The number of anilines is 1. The first-order valence-electron chi connectivity index (χ1n) is 6.49. The number of nitrogens with two attached hydrogens (primary N) is 2. The van der Waals surface area contributed by atoms with Crippen LogP contribution in [0, 0.1) is 6.92 Å². The highest BCUT2D eigenvalue weighted by Crippen LogP contribution is 2.13. The summed E-state index contributed by atoms with van der Waals surface area (Å²) in [5.41, 5.74) is 12.6. The number of carbonyl (C=O) groups is 1. The molecule has 0 spiro atoms. The number of ether oxygens (including phenoxy) is 1. The smallest absolute Gasteiger partial charge is 0.328 e. The first kappa shape index (κ1) is 15.8. The van der Waals surface area contributed by atoms with Crippen molar-refractivity contribution in [2.24, 2.45) is 16.5 Å². The van der Waals surface area contributed by atoms with Crippen molar-refractivity contribution >= 4 is 17.6 Å². The summed E-state index contributed by atoms with van der Waals surface area (Å²) < 4.78 is 4.80. The topological polar surface area (TPSA) is 103 Å². The SMILES string of the molecule is COC(=O)[C@H](CCCN=C(N)N)Nc1ccc(C)cc1. The molecular weight excluding hydrogens is 256 g/mol. The van der Waals surface area contributed by atoms with Gasteiger partial charge in [0.05, 0.1) is 7.11 Å². The fourth-order valence-electron chi connectivity index (χ4n) is 1.75. The second-order valence-electron chi connectivity index (χ2n) is 4.53. The predicted molar refractivity (Wildman–Crippen MR) is 80.5 cm³/mol. The van der Waals surface area contributed by atoms with E-state index in [1.807, 2.05) is 31.2 Å². The lowest BCUT2D eigenvalue weighted by Gasteiger charge is -2.17. The molecule has 0 amide bonds. The zero-order valence-corrected chi connectivity index (χ0v) is 11.9. The van der Waals surface area contributed by atoms with E-state index in [4.69, 9.17) is 16.2 Å². The van der Waals surface area contributed by atoms with Gasteiger partial charge in [-0.15, -0.1) is 0 Å². The van der Waals surface area contributed by atoms with Gasteiger partial charge in [0.25, 0.3) is 0 Å². The van der Waals surface area contributed by atoms with E-state index in [1.54, 1.807) is 0 Å². The standard InChI is InChI=1S/C14H22N4O2/c1-10-5-7-11(8-6-10)18-12(13(19)20-2)4-3-9-17-14(15)16/h5-8,12,18H,3-4,9H2,1-2H3,(H4,15,16,17)/t12-/m0/s1. The Bertz CT molecular complexity index is 453. The molecule has 6 heteroatoms. The molecule has 6 nitrogen and oxygen atoms in total. The van der Waals surface area contributed by atoms with Crippen molar-refractivity contribution in [3.8, 4) is 0 Å². The van der Waals surface area contributed by atoms with E-state index >= 15 is 0 Å². The summed E-state index contributed by atoms with van der Waals surface area (Å²) in [7, 11) is 1.38. The molecule has 0 aromatic heterocycles. The number of benzene rings is 1. The summed E-state index contributed by atoms with van der Waals surface area (Å²) in [5.74, 6) is -0.235. The summed E-state index contributed by atoms with van der Waals surface area (Å²) in [6.45, 7) is 2.50. The lowest BCUT2D eigenvalue weighted by atomic mass is 10.1. The predicted octanol–water partition coefficient (Wildman–Crippen LogP) is 1.00. The zero-order valence-electron chi connectivity index (χ0n) is 11.9. The maximum atomic E-state index is 11.7. The molecule has 1 atom stereocenters. The monoisotopic (exact) mass is 278 g/mol. The number of methoxy groups -OCH3 is 1. The molecule has 110 valence electrons. The number of aryl methyl sites for hydroxylation is 1. The highest BCUT2D eigenvalue weighted by molar-refractivity contribution is 5.79. The summed E-state index contributed by atoms with van der Waals surface area (Å²) in [6, 6.07) is 7.42. The van der Waals surface area contributed by atoms with Crippen molar-refractivity contribution in [3.05, 3.63) is 29.8 Å². The van der Waals surface area contributed by atoms with Crippen molar-refractivity contribution in [1.82, 2.24) is 0 Å². The molecule has 0 fully saturated rings. The Morgan fingerprint density at radius 1 is 1.35 bits per heavy atom. The Kier molecular flexibility index (Phi) is 6.36. The van der Waals surface area contributed by atoms with Gasteiger partial charge in [0.2, 0.25) is 0 Å². The van der Waals surface area contributed by atoms with Crippen molar-refractivity contribution in [3.63, 3.8) is 0 Å². The average Bonchev–Trinajstić information content (AvgIpc) is 2.43. The van der Waals surface area contributed by atoms with Gasteiger partial charge < -0.3 is 21.5 Å². The lowest BCUT2D eigenvalue weighted by Crippen LogP contribution is -2.31. The maximum Gasteiger partial charge on any atom is 0.328 e. The van der Waals surface area contributed by atoms with Gasteiger partial charge in [-0.1, -0.05) is 17.7 Å². The summed E-state index contributed by atoms with van der Waals surface area (Å²) >= 11 is 0. The lowest BCUT2D eigenvalue weighted by molar-refractivity contribution is -0.141. The minimum atomic E-state index is -0.406. The van der Waals surface area contributed by atoms with E-state index in [9.17, 15) is 4.79 Å². The molecule has 0 bridgehead atoms. The quantitative estimate of drug-likeness (QED) is 0.299. The Morgan fingerprint density at radius 3 is 2.55 bits per heavy atom. The average molecular weight is 278 g/mol.